The molecule has 0 radical (unpaired) electrons. The fourth-order valence-corrected chi connectivity index (χ4v) is 3.22. The van der Waals surface area contributed by atoms with Crippen molar-refractivity contribution in [2.45, 2.75) is 18.8 Å². The van der Waals surface area contributed by atoms with Crippen LogP contribution in [0.15, 0.2) is 60.7 Å². The summed E-state index contributed by atoms with van der Waals surface area (Å²) in [5, 5.41) is 2.31. The molecule has 34 heavy (non-hydrogen) atoms. The molecule has 0 aliphatic rings. The lowest BCUT2D eigenvalue weighted by atomic mass is 9.97. The highest BCUT2D eigenvalue weighted by atomic mass is 19.4. The quantitative estimate of drug-likeness (QED) is 0.252. The molecule has 0 saturated heterocycles. The number of ketones is 1. The van der Waals surface area contributed by atoms with E-state index in [1.165, 1.54) is 30.3 Å². The van der Waals surface area contributed by atoms with Crippen molar-refractivity contribution >= 4 is 28.8 Å². The van der Waals surface area contributed by atoms with Gasteiger partial charge in [-0.25, -0.2) is 0 Å². The number of Topliss-reactive ketones (excluding diaryl/α,β-unsaturated/α-hetero) is 1. The smallest absolute Gasteiger partial charge is 0.399 e. The van der Waals surface area contributed by atoms with Crippen LogP contribution in [0.4, 0.5) is 43.4 Å². The zero-order chi connectivity index (χ0) is 25.3. The maximum absolute atomic E-state index is 13.2. The molecule has 1 amide bonds. The Morgan fingerprint density at radius 2 is 1.18 bits per heavy atom. The molecule has 5 nitrogen and oxygen atoms in total. The van der Waals surface area contributed by atoms with Gasteiger partial charge in [0.25, 0.3) is 5.91 Å². The largest absolute Gasteiger partial charge is 0.417 e. The van der Waals surface area contributed by atoms with Gasteiger partial charge in [0.2, 0.25) is 0 Å². The van der Waals surface area contributed by atoms with E-state index in [-0.39, 0.29) is 23.5 Å². The first-order chi connectivity index (χ1) is 15.8. The first kappa shape index (κ1) is 24.6. The number of nitrogen functional groups attached to an aromatic ring is 2. The van der Waals surface area contributed by atoms with Crippen molar-refractivity contribution < 1.29 is 35.9 Å². The Morgan fingerprint density at radius 1 is 0.706 bits per heavy atom. The summed E-state index contributed by atoms with van der Waals surface area (Å²) >= 11 is 0. The number of rotatable bonds is 5. The monoisotopic (exact) mass is 481 g/mol. The topological polar surface area (TPSA) is 98.2 Å². The molecule has 0 spiro atoms. The van der Waals surface area contributed by atoms with E-state index < -0.39 is 46.3 Å². The average molecular weight is 481 g/mol. The fourth-order valence-electron chi connectivity index (χ4n) is 3.22. The van der Waals surface area contributed by atoms with Gasteiger partial charge in [-0.15, -0.1) is 0 Å². The molecule has 0 aliphatic heterocycles. The zero-order valence-electron chi connectivity index (χ0n) is 17.2. The number of anilines is 3. The number of carbonyl (C=O) groups is 2. The molecule has 3 aromatic carbocycles. The van der Waals surface area contributed by atoms with Crippen molar-refractivity contribution in [1.29, 1.82) is 0 Å². The van der Waals surface area contributed by atoms with E-state index >= 15 is 0 Å². The van der Waals surface area contributed by atoms with E-state index in [4.69, 9.17) is 11.5 Å². The summed E-state index contributed by atoms with van der Waals surface area (Å²) in [7, 11) is 0. The minimum atomic E-state index is -4.80. The van der Waals surface area contributed by atoms with Crippen molar-refractivity contribution in [2.24, 2.45) is 0 Å². The van der Waals surface area contributed by atoms with Gasteiger partial charge >= 0.3 is 12.4 Å². The van der Waals surface area contributed by atoms with Crippen LogP contribution in [0.1, 0.15) is 37.4 Å². The highest BCUT2D eigenvalue weighted by Crippen LogP contribution is 2.35. The van der Waals surface area contributed by atoms with Crippen molar-refractivity contribution in [3.05, 3.63) is 88.5 Å². The van der Waals surface area contributed by atoms with Crippen molar-refractivity contribution in [3.63, 3.8) is 0 Å². The number of halogens is 6. The number of benzene rings is 3. The van der Waals surface area contributed by atoms with Crippen molar-refractivity contribution in [1.82, 2.24) is 0 Å². The van der Waals surface area contributed by atoms with Crippen LogP contribution in [0.5, 0.6) is 0 Å². The van der Waals surface area contributed by atoms with Gasteiger partial charge in [0, 0.05) is 29.0 Å². The van der Waals surface area contributed by atoms with Gasteiger partial charge in [0.15, 0.2) is 5.78 Å². The van der Waals surface area contributed by atoms with E-state index in [1.807, 2.05) is 0 Å². The summed E-state index contributed by atoms with van der Waals surface area (Å²) in [6.07, 6.45) is -9.95. The second kappa shape index (κ2) is 9.08. The number of hydrogen-bond donors (Lipinski definition) is 3. The molecule has 0 aliphatic carbocycles. The molecular formula is C23H17F6N3O2. The van der Waals surface area contributed by atoms with Gasteiger partial charge in [-0.05, 0) is 54.1 Å². The summed E-state index contributed by atoms with van der Waals surface area (Å²) in [4.78, 5) is 24.8. The first-order valence-electron chi connectivity index (χ1n) is 9.62. The molecule has 5 N–H and O–H groups in total. The van der Waals surface area contributed by atoms with Crippen LogP contribution in [0.3, 0.4) is 0 Å². The minimum absolute atomic E-state index is 0.120. The molecule has 178 valence electrons. The summed E-state index contributed by atoms with van der Waals surface area (Å²) in [5.74, 6) is -1.84. The third-order valence-electron chi connectivity index (χ3n) is 4.82. The first-order valence-corrected chi connectivity index (χ1v) is 9.62. The second-order valence-electron chi connectivity index (χ2n) is 7.36. The molecular weight excluding hydrogens is 464 g/mol. The number of nitrogens with two attached hydrogens (primary N) is 2. The van der Waals surface area contributed by atoms with Crippen LogP contribution in [0.2, 0.25) is 0 Å². The van der Waals surface area contributed by atoms with E-state index in [0.29, 0.717) is 17.7 Å². The van der Waals surface area contributed by atoms with Gasteiger partial charge in [-0.2, -0.15) is 26.3 Å². The number of alkyl halides is 6. The molecule has 0 fully saturated rings. The molecule has 0 aromatic heterocycles. The Hall–Kier alpha value is -4.02. The number of carbonyl (C=O) groups excluding carboxylic acids is 2. The van der Waals surface area contributed by atoms with Crippen molar-refractivity contribution in [2.75, 3.05) is 16.8 Å². The maximum atomic E-state index is 13.2. The van der Waals surface area contributed by atoms with Crippen LogP contribution >= 0.6 is 0 Å². The van der Waals surface area contributed by atoms with E-state index in [1.54, 1.807) is 0 Å². The molecule has 0 unspecified atom stereocenters. The lowest BCUT2D eigenvalue weighted by molar-refractivity contribution is -0.138. The number of amides is 1. The van der Waals surface area contributed by atoms with Crippen LogP contribution < -0.4 is 16.8 Å². The lowest BCUT2D eigenvalue weighted by Crippen LogP contribution is -2.19. The Balaban J connectivity index is 1.76. The predicted octanol–water partition coefficient (Wildman–Crippen LogP) is 5.57. The Morgan fingerprint density at radius 3 is 1.68 bits per heavy atom. The summed E-state index contributed by atoms with van der Waals surface area (Å²) in [6, 6.07) is 11.0. The van der Waals surface area contributed by atoms with Gasteiger partial charge in [-0.1, -0.05) is 12.1 Å². The normalized spacial score (nSPS) is 11.8. The molecule has 11 heteroatoms. The minimum Gasteiger partial charge on any atom is -0.399 e. The van der Waals surface area contributed by atoms with Crippen molar-refractivity contribution in [3.8, 4) is 0 Å². The summed E-state index contributed by atoms with van der Waals surface area (Å²) in [6.45, 7) is 0. The van der Waals surface area contributed by atoms with Crippen LogP contribution in [-0.2, 0) is 18.8 Å². The highest BCUT2D eigenvalue weighted by Gasteiger charge is 2.36. The molecule has 3 rings (SSSR count). The highest BCUT2D eigenvalue weighted by molar-refractivity contribution is 6.05. The van der Waals surface area contributed by atoms with Gasteiger partial charge in [0.1, 0.15) is 0 Å². The summed E-state index contributed by atoms with van der Waals surface area (Å²) in [5.41, 5.74) is 7.42. The molecule has 0 atom stereocenters. The van der Waals surface area contributed by atoms with E-state index in [2.05, 4.69) is 5.32 Å². The molecule has 0 saturated carbocycles. The van der Waals surface area contributed by atoms with Crippen LogP contribution in [0.25, 0.3) is 0 Å². The fraction of sp³-hybridized carbons (Fsp3) is 0.130. The molecule has 3 aromatic rings. The molecule has 0 bridgehead atoms. The third kappa shape index (κ3) is 5.66. The zero-order valence-corrected chi connectivity index (χ0v) is 17.2. The number of hydrogen-bond acceptors (Lipinski definition) is 4. The van der Waals surface area contributed by atoms with Gasteiger partial charge in [-0.3, -0.25) is 9.59 Å². The maximum Gasteiger partial charge on any atom is 0.417 e. The number of nitrogens with one attached hydrogen (secondary N) is 1. The third-order valence-corrected chi connectivity index (χ3v) is 4.82. The van der Waals surface area contributed by atoms with Crippen LogP contribution in [-0.4, -0.2) is 11.7 Å². The van der Waals surface area contributed by atoms with E-state index in [9.17, 15) is 35.9 Å². The van der Waals surface area contributed by atoms with E-state index in [0.717, 1.165) is 18.2 Å². The Labute approximate surface area is 189 Å². The SMILES string of the molecule is Nc1ccc(C(=O)Cc2ccc(NC(=O)c3ccc(N)cc3C(F)(F)F)cc2)c(C(F)(F)F)c1. The summed E-state index contributed by atoms with van der Waals surface area (Å²) < 4.78 is 79.4. The Bertz CT molecular complexity index is 1140. The van der Waals surface area contributed by atoms with Gasteiger partial charge in [0.05, 0.1) is 16.7 Å². The second-order valence-corrected chi connectivity index (χ2v) is 7.36. The molecule has 0 heterocycles. The average Bonchev–Trinajstić information content (AvgIpc) is 2.73. The lowest BCUT2D eigenvalue weighted by Gasteiger charge is -2.14. The van der Waals surface area contributed by atoms with Crippen LogP contribution in [0, 0.1) is 0 Å². The van der Waals surface area contributed by atoms with Gasteiger partial charge < -0.3 is 16.8 Å². The predicted molar refractivity (Wildman–Crippen MR) is 114 cm³/mol. The Kier molecular flexibility index (Phi) is 6.58. The standard InChI is InChI=1S/C23H17F6N3O2/c24-22(25,26)18-10-13(30)3-7-16(18)20(33)9-12-1-5-15(6-2-12)32-21(34)17-8-4-14(31)11-19(17)23(27,28)29/h1-8,10-11H,9,30-31H2,(H,32,34).